The molecule has 0 radical (unpaired) electrons. The second kappa shape index (κ2) is 6.07. The zero-order valence-corrected chi connectivity index (χ0v) is 11.5. The van der Waals surface area contributed by atoms with Crippen LogP contribution in [-0.2, 0) is 0 Å². The van der Waals surface area contributed by atoms with Gasteiger partial charge >= 0.3 is 0 Å². The van der Waals surface area contributed by atoms with Gasteiger partial charge in [0.15, 0.2) is 0 Å². The SMILES string of the molecule is N#Cc1ccc(NC2CCCCCC2)cc1Br. The van der Waals surface area contributed by atoms with Gasteiger partial charge in [-0.15, -0.1) is 0 Å². The summed E-state index contributed by atoms with van der Waals surface area (Å²) in [5.74, 6) is 0. The van der Waals surface area contributed by atoms with Crippen LogP contribution in [-0.4, -0.2) is 6.04 Å². The maximum absolute atomic E-state index is 8.87. The molecule has 1 aromatic carbocycles. The molecule has 0 aliphatic heterocycles. The molecule has 17 heavy (non-hydrogen) atoms. The van der Waals surface area contributed by atoms with Crippen LogP contribution in [0.4, 0.5) is 5.69 Å². The van der Waals surface area contributed by atoms with Crippen molar-refractivity contribution in [1.82, 2.24) is 0 Å². The number of hydrogen-bond donors (Lipinski definition) is 1. The van der Waals surface area contributed by atoms with Crippen LogP contribution < -0.4 is 5.32 Å². The number of hydrogen-bond acceptors (Lipinski definition) is 2. The van der Waals surface area contributed by atoms with Crippen molar-refractivity contribution in [3.63, 3.8) is 0 Å². The van der Waals surface area contributed by atoms with E-state index in [0.717, 1.165) is 10.2 Å². The van der Waals surface area contributed by atoms with Gasteiger partial charge in [0.2, 0.25) is 0 Å². The molecule has 0 aromatic heterocycles. The van der Waals surface area contributed by atoms with E-state index in [9.17, 15) is 0 Å². The van der Waals surface area contributed by atoms with Crippen molar-refractivity contribution in [2.45, 2.75) is 44.6 Å². The molecule has 2 rings (SSSR count). The Kier molecular flexibility index (Phi) is 4.44. The molecule has 1 fully saturated rings. The van der Waals surface area contributed by atoms with Crippen LogP contribution in [0.25, 0.3) is 0 Å². The first kappa shape index (κ1) is 12.4. The highest BCUT2D eigenvalue weighted by molar-refractivity contribution is 9.10. The Morgan fingerprint density at radius 3 is 2.47 bits per heavy atom. The summed E-state index contributed by atoms with van der Waals surface area (Å²) < 4.78 is 0.874. The number of rotatable bonds is 2. The van der Waals surface area contributed by atoms with E-state index in [-0.39, 0.29) is 0 Å². The first-order valence-corrected chi connectivity index (χ1v) is 7.05. The molecule has 1 aliphatic rings. The molecule has 0 bridgehead atoms. The van der Waals surface area contributed by atoms with E-state index in [1.165, 1.54) is 38.5 Å². The summed E-state index contributed by atoms with van der Waals surface area (Å²) in [6.07, 6.45) is 7.92. The molecule has 1 saturated carbocycles. The summed E-state index contributed by atoms with van der Waals surface area (Å²) >= 11 is 3.43. The minimum absolute atomic E-state index is 0.595. The minimum atomic E-state index is 0.595. The van der Waals surface area contributed by atoms with E-state index in [1.54, 1.807) is 0 Å². The maximum Gasteiger partial charge on any atom is 0.100 e. The molecule has 0 atom stereocenters. The molecule has 1 N–H and O–H groups in total. The van der Waals surface area contributed by atoms with Crippen LogP contribution in [0.5, 0.6) is 0 Å². The summed E-state index contributed by atoms with van der Waals surface area (Å²) in [6.45, 7) is 0. The van der Waals surface area contributed by atoms with Gasteiger partial charge in [-0.3, -0.25) is 0 Å². The normalized spacial score (nSPS) is 17.2. The van der Waals surface area contributed by atoms with Gasteiger partial charge in [0.25, 0.3) is 0 Å². The zero-order chi connectivity index (χ0) is 12.1. The Hall–Kier alpha value is -1.01. The maximum atomic E-state index is 8.87. The lowest BCUT2D eigenvalue weighted by molar-refractivity contribution is 0.620. The van der Waals surface area contributed by atoms with Gasteiger partial charge in [0.1, 0.15) is 6.07 Å². The number of anilines is 1. The first-order chi connectivity index (χ1) is 8.29. The van der Waals surface area contributed by atoms with Crippen LogP contribution in [0.3, 0.4) is 0 Å². The lowest BCUT2D eigenvalue weighted by Gasteiger charge is -2.17. The smallest absolute Gasteiger partial charge is 0.100 e. The molecule has 1 aromatic rings. The van der Waals surface area contributed by atoms with Crippen molar-refractivity contribution in [3.8, 4) is 6.07 Å². The van der Waals surface area contributed by atoms with Gasteiger partial charge < -0.3 is 5.32 Å². The monoisotopic (exact) mass is 292 g/mol. The van der Waals surface area contributed by atoms with Crippen LogP contribution in [0.1, 0.15) is 44.1 Å². The van der Waals surface area contributed by atoms with E-state index in [1.807, 2.05) is 18.2 Å². The molecule has 0 amide bonds. The lowest BCUT2D eigenvalue weighted by Crippen LogP contribution is -2.18. The molecule has 1 aliphatic carbocycles. The highest BCUT2D eigenvalue weighted by Crippen LogP contribution is 2.24. The molecular formula is C14H17BrN2. The van der Waals surface area contributed by atoms with Gasteiger partial charge in [-0.1, -0.05) is 25.7 Å². The third-order valence-corrected chi connectivity index (χ3v) is 3.97. The van der Waals surface area contributed by atoms with Crippen LogP contribution in [0, 0.1) is 11.3 Å². The minimum Gasteiger partial charge on any atom is -0.382 e. The van der Waals surface area contributed by atoms with Gasteiger partial charge in [-0.25, -0.2) is 0 Å². The average Bonchev–Trinajstić information content (AvgIpc) is 2.58. The fourth-order valence-corrected chi connectivity index (χ4v) is 2.82. The van der Waals surface area contributed by atoms with E-state index < -0.39 is 0 Å². The standard InChI is InChI=1S/C14H17BrN2/c15-14-9-13(8-7-11(14)10-16)17-12-5-3-1-2-4-6-12/h7-9,12,17H,1-6H2. The largest absolute Gasteiger partial charge is 0.382 e. The third-order valence-electron chi connectivity index (χ3n) is 3.32. The van der Waals surface area contributed by atoms with Crippen LogP contribution in [0.15, 0.2) is 22.7 Å². The van der Waals surface area contributed by atoms with Crippen molar-refractivity contribution < 1.29 is 0 Å². The highest BCUT2D eigenvalue weighted by atomic mass is 79.9. The molecule has 0 heterocycles. The Morgan fingerprint density at radius 1 is 1.18 bits per heavy atom. The summed E-state index contributed by atoms with van der Waals surface area (Å²) in [5.41, 5.74) is 1.80. The fourth-order valence-electron chi connectivity index (χ4n) is 2.35. The number of nitriles is 1. The molecule has 0 spiro atoms. The first-order valence-electron chi connectivity index (χ1n) is 6.26. The predicted octanol–water partition coefficient (Wildman–Crippen LogP) is 4.46. The summed E-state index contributed by atoms with van der Waals surface area (Å²) in [4.78, 5) is 0. The predicted molar refractivity (Wildman–Crippen MR) is 74.0 cm³/mol. The molecular weight excluding hydrogens is 276 g/mol. The van der Waals surface area contributed by atoms with Gasteiger partial charge in [0.05, 0.1) is 5.56 Å². The van der Waals surface area contributed by atoms with Crippen LogP contribution >= 0.6 is 15.9 Å². The Labute approximate surface area is 111 Å². The van der Waals surface area contributed by atoms with Gasteiger partial charge in [-0.05, 0) is 47.0 Å². The molecule has 0 unspecified atom stereocenters. The second-order valence-corrected chi connectivity index (χ2v) is 5.49. The van der Waals surface area contributed by atoms with Crippen molar-refractivity contribution in [2.24, 2.45) is 0 Å². The number of halogens is 1. The summed E-state index contributed by atoms with van der Waals surface area (Å²) in [6, 6.07) is 8.62. The second-order valence-electron chi connectivity index (χ2n) is 4.64. The summed E-state index contributed by atoms with van der Waals surface area (Å²) in [5, 5.41) is 12.4. The Bertz CT molecular complexity index is 415. The average molecular weight is 293 g/mol. The molecule has 3 heteroatoms. The van der Waals surface area contributed by atoms with Gasteiger partial charge in [-0.2, -0.15) is 5.26 Å². The lowest BCUT2D eigenvalue weighted by atomic mass is 10.1. The van der Waals surface area contributed by atoms with Gasteiger partial charge in [0, 0.05) is 16.2 Å². The summed E-state index contributed by atoms with van der Waals surface area (Å²) in [7, 11) is 0. The Morgan fingerprint density at radius 2 is 1.88 bits per heavy atom. The fraction of sp³-hybridized carbons (Fsp3) is 0.500. The Balaban J connectivity index is 2.03. The van der Waals surface area contributed by atoms with Crippen molar-refractivity contribution in [3.05, 3.63) is 28.2 Å². The van der Waals surface area contributed by atoms with Crippen molar-refractivity contribution >= 4 is 21.6 Å². The third kappa shape index (κ3) is 3.47. The topological polar surface area (TPSA) is 35.8 Å². The highest BCUT2D eigenvalue weighted by Gasteiger charge is 2.12. The molecule has 2 nitrogen and oxygen atoms in total. The number of nitrogens with one attached hydrogen (secondary N) is 1. The zero-order valence-electron chi connectivity index (χ0n) is 9.88. The van der Waals surface area contributed by atoms with Crippen LogP contribution in [0.2, 0.25) is 0 Å². The molecule has 90 valence electrons. The van der Waals surface area contributed by atoms with E-state index in [2.05, 4.69) is 27.3 Å². The quantitative estimate of drug-likeness (QED) is 0.817. The van der Waals surface area contributed by atoms with Crippen molar-refractivity contribution in [2.75, 3.05) is 5.32 Å². The van der Waals surface area contributed by atoms with Crippen molar-refractivity contribution in [1.29, 1.82) is 5.26 Å². The number of nitrogens with zero attached hydrogens (tertiary/aromatic N) is 1. The molecule has 0 saturated heterocycles. The van der Waals surface area contributed by atoms with E-state index >= 15 is 0 Å². The van der Waals surface area contributed by atoms with E-state index in [0.29, 0.717) is 11.6 Å². The number of benzene rings is 1. The van der Waals surface area contributed by atoms with E-state index in [4.69, 9.17) is 5.26 Å².